The van der Waals surface area contributed by atoms with E-state index in [0.717, 1.165) is 54.0 Å². The van der Waals surface area contributed by atoms with Crippen molar-refractivity contribution in [2.75, 3.05) is 6.61 Å². The maximum absolute atomic E-state index is 11.3. The summed E-state index contributed by atoms with van der Waals surface area (Å²) in [5.41, 5.74) is 2.97. The molecule has 3 aromatic rings. The molecule has 1 fully saturated rings. The number of hydrogen-bond donors (Lipinski definition) is 2. The maximum Gasteiger partial charge on any atom is 0.307 e. The normalized spacial score (nSPS) is 19.0. The number of aromatic nitrogens is 2. The molecule has 1 aliphatic rings. The molecule has 0 saturated heterocycles. The zero-order valence-electron chi connectivity index (χ0n) is 17.8. The van der Waals surface area contributed by atoms with Gasteiger partial charge in [0, 0.05) is 12.0 Å². The molecule has 1 aliphatic carbocycles. The van der Waals surface area contributed by atoms with E-state index in [9.17, 15) is 9.90 Å². The van der Waals surface area contributed by atoms with E-state index in [-0.39, 0.29) is 23.0 Å². The smallest absolute Gasteiger partial charge is 0.307 e. The maximum atomic E-state index is 11.3. The fraction of sp³-hybridized carbons (Fsp3) is 0.478. The van der Waals surface area contributed by atoms with E-state index in [1.807, 2.05) is 32.0 Å². The Kier molecular flexibility index (Phi) is 6.89. The van der Waals surface area contributed by atoms with E-state index in [1.165, 1.54) is 5.56 Å². The summed E-state index contributed by atoms with van der Waals surface area (Å²) in [4.78, 5) is 18.7. The summed E-state index contributed by atoms with van der Waals surface area (Å²) < 4.78 is 18.0. The number of oxazole rings is 1. The Bertz CT molecular complexity index is 1070. The number of aryl methyl sites for hydroxylation is 2. The van der Waals surface area contributed by atoms with Crippen molar-refractivity contribution in [3.63, 3.8) is 0 Å². The second kappa shape index (κ2) is 9.80. The minimum absolute atomic E-state index is 0.0449. The fourth-order valence-electron chi connectivity index (χ4n) is 3.91. The van der Waals surface area contributed by atoms with Gasteiger partial charge in [-0.05, 0) is 51.7 Å². The van der Waals surface area contributed by atoms with E-state index in [4.69, 9.17) is 13.9 Å². The number of rotatable bonds is 8. The number of benzene rings is 1. The van der Waals surface area contributed by atoms with Crippen LogP contribution in [0.5, 0.6) is 5.88 Å². The molecule has 2 heterocycles. The van der Waals surface area contributed by atoms with Gasteiger partial charge in [0.05, 0.1) is 30.3 Å². The van der Waals surface area contributed by atoms with Gasteiger partial charge in [-0.1, -0.05) is 29.0 Å². The Labute approximate surface area is 185 Å². The van der Waals surface area contributed by atoms with Crippen LogP contribution < -0.4 is 4.87 Å². The summed E-state index contributed by atoms with van der Waals surface area (Å²) in [6.45, 7) is 4.86. The Hall–Kier alpha value is -2.42. The van der Waals surface area contributed by atoms with Crippen molar-refractivity contribution >= 4 is 11.3 Å². The van der Waals surface area contributed by atoms with Crippen LogP contribution in [0.15, 0.2) is 33.5 Å². The van der Waals surface area contributed by atoms with E-state index in [2.05, 4.69) is 16.0 Å². The first-order valence-electron chi connectivity index (χ1n) is 10.7. The van der Waals surface area contributed by atoms with E-state index >= 15 is 0 Å². The van der Waals surface area contributed by atoms with Crippen LogP contribution in [0, 0.1) is 13.8 Å². The summed E-state index contributed by atoms with van der Waals surface area (Å²) in [6.07, 6.45) is 4.64. The Morgan fingerprint density at radius 2 is 2.06 bits per heavy atom. The largest absolute Gasteiger partial charge is 0.494 e. The van der Waals surface area contributed by atoms with E-state index in [0.29, 0.717) is 30.4 Å². The molecule has 0 amide bonds. The van der Waals surface area contributed by atoms with Gasteiger partial charge in [0.15, 0.2) is 0 Å². The van der Waals surface area contributed by atoms with Crippen molar-refractivity contribution in [2.45, 2.75) is 64.8 Å². The Morgan fingerprint density at radius 1 is 1.26 bits per heavy atom. The van der Waals surface area contributed by atoms with Crippen molar-refractivity contribution in [2.24, 2.45) is 0 Å². The second-order valence-corrected chi connectivity index (χ2v) is 9.09. The van der Waals surface area contributed by atoms with Crippen LogP contribution in [0.2, 0.25) is 0 Å². The van der Waals surface area contributed by atoms with Gasteiger partial charge in [-0.2, -0.15) is 0 Å². The highest BCUT2D eigenvalue weighted by molar-refractivity contribution is 7.09. The lowest BCUT2D eigenvalue weighted by Gasteiger charge is -2.29. The number of nitrogens with zero attached hydrogens (tertiary/aromatic N) is 1. The van der Waals surface area contributed by atoms with Crippen molar-refractivity contribution in [1.29, 1.82) is 0 Å². The van der Waals surface area contributed by atoms with Gasteiger partial charge in [0.25, 0.3) is 0 Å². The van der Waals surface area contributed by atoms with E-state index in [1.54, 1.807) is 0 Å². The first-order valence-corrected chi connectivity index (χ1v) is 11.5. The standard InChI is InChI=1S/C23H28N2O5S/c1-14-5-3-6-16(11-14)22-24-19(15(2)30-22)13-29-18-8-4-7-17(12-18)28-10-9-20-21(26)25-23(27)31-20/h3,5-6,11,17-18,26H,4,7-10,12-13H2,1-2H3,(H,25,27). The molecule has 31 heavy (non-hydrogen) atoms. The average Bonchev–Trinajstić information content (AvgIpc) is 3.28. The van der Waals surface area contributed by atoms with Crippen molar-refractivity contribution in [1.82, 2.24) is 9.97 Å². The molecule has 4 rings (SSSR count). The summed E-state index contributed by atoms with van der Waals surface area (Å²) in [6, 6.07) is 8.11. The minimum atomic E-state index is -0.243. The molecule has 8 heteroatoms. The molecule has 166 valence electrons. The fourth-order valence-corrected chi connectivity index (χ4v) is 4.61. The van der Waals surface area contributed by atoms with Crippen LogP contribution in [-0.4, -0.2) is 33.9 Å². The zero-order valence-corrected chi connectivity index (χ0v) is 18.7. The zero-order chi connectivity index (χ0) is 21.8. The molecular weight excluding hydrogens is 416 g/mol. The molecule has 1 saturated carbocycles. The molecule has 0 spiro atoms. The molecule has 0 radical (unpaired) electrons. The summed E-state index contributed by atoms with van der Waals surface area (Å²) in [5.74, 6) is 1.36. The van der Waals surface area contributed by atoms with Crippen LogP contribution in [-0.2, 0) is 22.5 Å². The van der Waals surface area contributed by atoms with Crippen molar-refractivity contribution < 1.29 is 19.0 Å². The summed E-state index contributed by atoms with van der Waals surface area (Å²) >= 11 is 1.03. The second-order valence-electron chi connectivity index (χ2n) is 8.02. The molecule has 0 aliphatic heterocycles. The van der Waals surface area contributed by atoms with Crippen LogP contribution in [0.3, 0.4) is 0 Å². The molecule has 2 atom stereocenters. The monoisotopic (exact) mass is 444 g/mol. The molecule has 2 aromatic heterocycles. The van der Waals surface area contributed by atoms with Crippen LogP contribution >= 0.6 is 11.3 Å². The molecule has 2 unspecified atom stereocenters. The molecule has 7 nitrogen and oxygen atoms in total. The molecular formula is C23H28N2O5S. The van der Waals surface area contributed by atoms with Gasteiger partial charge < -0.3 is 19.0 Å². The van der Waals surface area contributed by atoms with Gasteiger partial charge in [0.2, 0.25) is 11.8 Å². The number of thiazole rings is 1. The van der Waals surface area contributed by atoms with Gasteiger partial charge in [-0.3, -0.25) is 9.78 Å². The minimum Gasteiger partial charge on any atom is -0.494 e. The Morgan fingerprint density at radius 3 is 2.81 bits per heavy atom. The quantitative estimate of drug-likeness (QED) is 0.531. The first kappa shape index (κ1) is 21.8. The lowest BCUT2D eigenvalue weighted by Crippen LogP contribution is -2.28. The number of H-pyrrole nitrogens is 1. The SMILES string of the molecule is Cc1cccc(-c2nc(COC3CCCC(OCCc4sc(=O)[nH]c4O)C3)c(C)o2)c1. The predicted octanol–water partition coefficient (Wildman–Crippen LogP) is 4.50. The third kappa shape index (κ3) is 5.64. The first-order chi connectivity index (χ1) is 15.0. The summed E-state index contributed by atoms with van der Waals surface area (Å²) in [7, 11) is 0. The van der Waals surface area contributed by atoms with Crippen LogP contribution in [0.4, 0.5) is 0 Å². The number of aromatic hydroxyl groups is 1. The average molecular weight is 445 g/mol. The van der Waals surface area contributed by atoms with Gasteiger partial charge >= 0.3 is 4.87 Å². The lowest BCUT2D eigenvalue weighted by atomic mass is 9.95. The van der Waals surface area contributed by atoms with Crippen molar-refractivity contribution in [3.05, 3.63) is 55.8 Å². The third-order valence-corrected chi connectivity index (χ3v) is 6.51. The molecule has 2 N–H and O–H groups in total. The summed E-state index contributed by atoms with van der Waals surface area (Å²) in [5, 5.41) is 9.66. The van der Waals surface area contributed by atoms with Gasteiger partial charge in [-0.15, -0.1) is 0 Å². The van der Waals surface area contributed by atoms with Gasteiger partial charge in [0.1, 0.15) is 11.5 Å². The van der Waals surface area contributed by atoms with Crippen LogP contribution in [0.25, 0.3) is 11.5 Å². The number of hydrogen-bond acceptors (Lipinski definition) is 7. The highest BCUT2D eigenvalue weighted by atomic mass is 32.1. The van der Waals surface area contributed by atoms with Crippen molar-refractivity contribution in [3.8, 4) is 17.3 Å². The highest BCUT2D eigenvalue weighted by Crippen LogP contribution is 2.27. The predicted molar refractivity (Wildman–Crippen MR) is 119 cm³/mol. The number of ether oxygens (including phenoxy) is 2. The topological polar surface area (TPSA) is 97.6 Å². The molecule has 1 aromatic carbocycles. The molecule has 0 bridgehead atoms. The Balaban J connectivity index is 1.27. The van der Waals surface area contributed by atoms with Crippen LogP contribution in [0.1, 0.15) is 47.6 Å². The van der Waals surface area contributed by atoms with Gasteiger partial charge in [-0.25, -0.2) is 4.98 Å². The highest BCUT2D eigenvalue weighted by Gasteiger charge is 2.24. The third-order valence-electron chi connectivity index (χ3n) is 5.57. The van der Waals surface area contributed by atoms with E-state index < -0.39 is 0 Å². The lowest BCUT2D eigenvalue weighted by molar-refractivity contribution is -0.0503. The number of aromatic amines is 1. The number of nitrogens with one attached hydrogen (secondary N) is 1.